The molecule has 4 N–H and O–H groups in total. The lowest BCUT2D eigenvalue weighted by molar-refractivity contribution is -0.148. The smallest absolute Gasteiger partial charge is 0.311 e. The maximum absolute atomic E-state index is 12.2. The number of ether oxygens (including phenoxy) is 1. The maximum atomic E-state index is 12.2. The largest absolute Gasteiger partial charge is 0.497 e. The van der Waals surface area contributed by atoms with E-state index in [1.165, 1.54) is 7.11 Å². The van der Waals surface area contributed by atoms with E-state index in [9.17, 15) is 14.7 Å². The van der Waals surface area contributed by atoms with E-state index in [0.29, 0.717) is 29.8 Å². The number of carbonyl (C=O) groups is 2. The number of rotatable bonds is 5. The molecule has 2 rings (SSSR count). The molecule has 0 aliphatic heterocycles. The van der Waals surface area contributed by atoms with Gasteiger partial charge in [0, 0.05) is 18.3 Å². The Balaban J connectivity index is 2.06. The third-order valence-electron chi connectivity index (χ3n) is 4.11. The number of amides is 1. The monoisotopic (exact) mass is 292 g/mol. The van der Waals surface area contributed by atoms with Crippen molar-refractivity contribution in [2.24, 2.45) is 5.41 Å². The van der Waals surface area contributed by atoms with Crippen LogP contribution in [0.3, 0.4) is 0 Å². The van der Waals surface area contributed by atoms with Crippen LogP contribution < -0.4 is 15.8 Å². The van der Waals surface area contributed by atoms with Crippen LogP contribution in [0.5, 0.6) is 5.75 Å². The number of hydrogen-bond donors (Lipinski definition) is 3. The summed E-state index contributed by atoms with van der Waals surface area (Å²) >= 11 is 0. The summed E-state index contributed by atoms with van der Waals surface area (Å²) in [7, 11) is 1.52. The molecule has 1 saturated carbocycles. The molecule has 1 fully saturated rings. The number of benzene rings is 1. The molecule has 1 aromatic carbocycles. The van der Waals surface area contributed by atoms with E-state index < -0.39 is 11.4 Å². The van der Waals surface area contributed by atoms with Gasteiger partial charge in [0.05, 0.1) is 18.1 Å². The van der Waals surface area contributed by atoms with Gasteiger partial charge in [-0.15, -0.1) is 0 Å². The molecule has 114 valence electrons. The van der Waals surface area contributed by atoms with Crippen molar-refractivity contribution in [2.75, 3.05) is 19.4 Å². The summed E-state index contributed by atoms with van der Waals surface area (Å²) in [4.78, 5) is 23.6. The van der Waals surface area contributed by atoms with E-state index in [0.717, 1.165) is 12.8 Å². The van der Waals surface area contributed by atoms with Crippen LogP contribution in [-0.4, -0.2) is 30.6 Å². The van der Waals surface area contributed by atoms with Gasteiger partial charge in [-0.2, -0.15) is 0 Å². The molecule has 0 atom stereocenters. The van der Waals surface area contributed by atoms with E-state index >= 15 is 0 Å². The minimum atomic E-state index is -0.844. The average Bonchev–Trinajstić information content (AvgIpc) is 2.94. The van der Waals surface area contributed by atoms with Gasteiger partial charge in [0.25, 0.3) is 5.91 Å². The normalized spacial score (nSPS) is 16.4. The summed E-state index contributed by atoms with van der Waals surface area (Å²) in [6.45, 7) is 0.132. The summed E-state index contributed by atoms with van der Waals surface area (Å²) in [6, 6.07) is 4.79. The van der Waals surface area contributed by atoms with Crippen molar-refractivity contribution in [3.63, 3.8) is 0 Å². The van der Waals surface area contributed by atoms with Crippen LogP contribution in [0.4, 0.5) is 5.69 Å². The highest BCUT2D eigenvalue weighted by Gasteiger charge is 2.41. The van der Waals surface area contributed by atoms with Crippen molar-refractivity contribution in [3.8, 4) is 5.75 Å². The van der Waals surface area contributed by atoms with Gasteiger partial charge >= 0.3 is 5.97 Å². The van der Waals surface area contributed by atoms with Gasteiger partial charge in [0.1, 0.15) is 5.75 Å². The quantitative estimate of drug-likeness (QED) is 0.716. The van der Waals surface area contributed by atoms with E-state index in [1.807, 2.05) is 0 Å². The van der Waals surface area contributed by atoms with Crippen molar-refractivity contribution >= 4 is 17.6 Å². The minimum absolute atomic E-state index is 0.132. The number of carbonyl (C=O) groups excluding carboxylic acids is 1. The van der Waals surface area contributed by atoms with Gasteiger partial charge in [-0.25, -0.2) is 0 Å². The molecule has 0 spiro atoms. The van der Waals surface area contributed by atoms with Crippen LogP contribution in [0, 0.1) is 5.41 Å². The molecule has 1 aromatic rings. The Morgan fingerprint density at radius 1 is 1.38 bits per heavy atom. The van der Waals surface area contributed by atoms with Crippen LogP contribution in [0.1, 0.15) is 36.0 Å². The zero-order valence-corrected chi connectivity index (χ0v) is 12.0. The number of anilines is 1. The third-order valence-corrected chi connectivity index (χ3v) is 4.11. The van der Waals surface area contributed by atoms with E-state index in [-0.39, 0.29) is 12.5 Å². The number of nitrogens with two attached hydrogens (primary N) is 1. The first-order valence-electron chi connectivity index (χ1n) is 6.94. The number of carboxylic acids is 1. The van der Waals surface area contributed by atoms with Crippen molar-refractivity contribution in [1.82, 2.24) is 5.32 Å². The molecule has 1 aliphatic rings. The fourth-order valence-corrected chi connectivity index (χ4v) is 2.74. The van der Waals surface area contributed by atoms with Gasteiger partial charge in [-0.1, -0.05) is 12.8 Å². The van der Waals surface area contributed by atoms with Crippen LogP contribution in [0.15, 0.2) is 18.2 Å². The SMILES string of the molecule is COc1ccc(C(=O)NCC2(C(=O)O)CCCC2)c(N)c1. The molecule has 21 heavy (non-hydrogen) atoms. The molecule has 1 amide bonds. The number of methoxy groups -OCH3 is 1. The number of carboxylic acid groups (broad SMARTS) is 1. The number of nitrogens with one attached hydrogen (secondary N) is 1. The lowest BCUT2D eigenvalue weighted by Gasteiger charge is -2.24. The Labute approximate surface area is 123 Å². The maximum Gasteiger partial charge on any atom is 0.311 e. The lowest BCUT2D eigenvalue weighted by Crippen LogP contribution is -2.41. The van der Waals surface area contributed by atoms with Gasteiger partial charge in [0.2, 0.25) is 0 Å². The number of aliphatic carboxylic acids is 1. The lowest BCUT2D eigenvalue weighted by atomic mass is 9.86. The van der Waals surface area contributed by atoms with Crippen LogP contribution in [-0.2, 0) is 4.79 Å². The van der Waals surface area contributed by atoms with Crippen LogP contribution in [0.2, 0.25) is 0 Å². The third kappa shape index (κ3) is 3.09. The minimum Gasteiger partial charge on any atom is -0.497 e. The molecule has 1 aliphatic carbocycles. The Morgan fingerprint density at radius 2 is 2.05 bits per heavy atom. The zero-order valence-electron chi connectivity index (χ0n) is 12.0. The molecule has 0 heterocycles. The van der Waals surface area contributed by atoms with Crippen LogP contribution >= 0.6 is 0 Å². The Bertz CT molecular complexity index is 551. The summed E-state index contributed by atoms with van der Waals surface area (Å²) in [6.07, 6.45) is 2.96. The van der Waals surface area contributed by atoms with Crippen molar-refractivity contribution in [2.45, 2.75) is 25.7 Å². The van der Waals surface area contributed by atoms with Gasteiger partial charge in [-0.3, -0.25) is 9.59 Å². The molecule has 0 saturated heterocycles. The second kappa shape index (κ2) is 6.03. The van der Waals surface area contributed by atoms with Crippen LogP contribution in [0.25, 0.3) is 0 Å². The second-order valence-corrected chi connectivity index (χ2v) is 5.43. The van der Waals surface area contributed by atoms with Crippen molar-refractivity contribution in [3.05, 3.63) is 23.8 Å². The topological polar surface area (TPSA) is 102 Å². The highest BCUT2D eigenvalue weighted by Crippen LogP contribution is 2.37. The molecule has 0 bridgehead atoms. The first-order valence-corrected chi connectivity index (χ1v) is 6.94. The fourth-order valence-electron chi connectivity index (χ4n) is 2.74. The Kier molecular flexibility index (Phi) is 4.35. The van der Waals surface area contributed by atoms with E-state index in [4.69, 9.17) is 10.5 Å². The van der Waals surface area contributed by atoms with Gasteiger partial charge in [0.15, 0.2) is 0 Å². The van der Waals surface area contributed by atoms with Crippen molar-refractivity contribution in [1.29, 1.82) is 0 Å². The van der Waals surface area contributed by atoms with Gasteiger partial charge in [-0.05, 0) is 25.0 Å². The molecule has 0 unspecified atom stereocenters. The highest BCUT2D eigenvalue weighted by molar-refractivity contribution is 5.99. The van der Waals surface area contributed by atoms with Crippen molar-refractivity contribution < 1.29 is 19.4 Å². The first kappa shape index (κ1) is 15.2. The number of nitrogen functional groups attached to an aromatic ring is 1. The Hall–Kier alpha value is -2.24. The fraction of sp³-hybridized carbons (Fsp3) is 0.467. The average molecular weight is 292 g/mol. The van der Waals surface area contributed by atoms with Gasteiger partial charge < -0.3 is 20.9 Å². The molecule has 6 heteroatoms. The summed E-state index contributed by atoms with van der Waals surface area (Å²) in [5, 5.41) is 12.1. The highest BCUT2D eigenvalue weighted by atomic mass is 16.5. The molecule has 6 nitrogen and oxygen atoms in total. The molecular weight excluding hydrogens is 272 g/mol. The summed E-state index contributed by atoms with van der Waals surface area (Å²) in [5.41, 5.74) is 5.62. The van der Waals surface area contributed by atoms with E-state index in [2.05, 4.69) is 5.32 Å². The predicted octanol–water partition coefficient (Wildman–Crippen LogP) is 1.65. The Morgan fingerprint density at radius 3 is 2.57 bits per heavy atom. The molecule has 0 radical (unpaired) electrons. The predicted molar refractivity (Wildman–Crippen MR) is 78.3 cm³/mol. The second-order valence-electron chi connectivity index (χ2n) is 5.43. The van der Waals surface area contributed by atoms with E-state index in [1.54, 1.807) is 18.2 Å². The first-order chi connectivity index (χ1) is 9.98. The molecule has 0 aromatic heterocycles. The summed E-state index contributed by atoms with van der Waals surface area (Å²) in [5.74, 6) is -0.632. The zero-order chi connectivity index (χ0) is 15.5. The summed E-state index contributed by atoms with van der Waals surface area (Å²) < 4.78 is 5.03. The number of hydrogen-bond acceptors (Lipinski definition) is 4. The molecular formula is C15H20N2O4. The standard InChI is InChI=1S/C15H20N2O4/c1-21-10-4-5-11(12(16)8-10)13(18)17-9-15(14(19)20)6-2-3-7-15/h4-5,8H,2-3,6-7,9,16H2,1H3,(H,17,18)(H,19,20).